The summed E-state index contributed by atoms with van der Waals surface area (Å²) >= 11 is 0. The van der Waals surface area contributed by atoms with Crippen molar-refractivity contribution in [1.82, 2.24) is 9.96 Å². The Bertz CT molecular complexity index is 483. The number of imide groups is 1. The van der Waals surface area contributed by atoms with Crippen LogP contribution in [0.15, 0.2) is 0 Å². The largest absolute Gasteiger partial charge is 0.479 e. The van der Waals surface area contributed by atoms with Crippen LogP contribution in [0.5, 0.6) is 0 Å². The monoisotopic (exact) mass is 283 g/mol. The molecule has 2 amide bonds. The summed E-state index contributed by atoms with van der Waals surface area (Å²) in [6.07, 6.45) is -0.0736. The van der Waals surface area contributed by atoms with E-state index in [-0.39, 0.29) is 19.3 Å². The fourth-order valence-electron chi connectivity index (χ4n) is 3.63. The summed E-state index contributed by atoms with van der Waals surface area (Å²) in [6.45, 7) is 6.19. The molecule has 2 heterocycles. The molecule has 0 spiro atoms. The number of carbonyl (C=O) groups is 3. The molecule has 111 valence electrons. The number of rotatable bonds is 2. The molecule has 0 aromatic rings. The zero-order valence-corrected chi connectivity index (χ0v) is 12.1. The van der Waals surface area contributed by atoms with Gasteiger partial charge in [-0.25, -0.2) is 4.79 Å². The SMILES string of the molecule is CC1(C)CC(C(=O)O)(N2C(=O)CCC2=O)C(C)(C)N1[O]. The quantitative estimate of drug-likeness (QED) is 0.747. The van der Waals surface area contributed by atoms with Crippen LogP contribution in [0.4, 0.5) is 0 Å². The first-order chi connectivity index (χ1) is 8.98. The first-order valence-corrected chi connectivity index (χ1v) is 6.55. The van der Waals surface area contributed by atoms with Crippen molar-refractivity contribution in [3.05, 3.63) is 0 Å². The third kappa shape index (κ3) is 1.56. The fraction of sp³-hybridized carbons (Fsp3) is 0.769. The van der Waals surface area contributed by atoms with E-state index in [9.17, 15) is 24.7 Å². The Morgan fingerprint density at radius 1 is 1.10 bits per heavy atom. The van der Waals surface area contributed by atoms with Gasteiger partial charge in [0.15, 0.2) is 5.54 Å². The van der Waals surface area contributed by atoms with Gasteiger partial charge in [0.05, 0.1) is 5.54 Å². The number of nitrogens with zero attached hydrogens (tertiary/aromatic N) is 2. The van der Waals surface area contributed by atoms with Gasteiger partial charge in [-0.1, -0.05) is 0 Å². The van der Waals surface area contributed by atoms with E-state index in [1.165, 1.54) is 13.8 Å². The van der Waals surface area contributed by atoms with Gasteiger partial charge in [-0.2, -0.15) is 0 Å². The van der Waals surface area contributed by atoms with Crippen LogP contribution in [0.3, 0.4) is 0 Å². The zero-order chi connectivity index (χ0) is 15.5. The standard InChI is InChI=1S/C13H19N2O5/c1-11(2)7-13(10(18)19,12(3,4)15(11)20)14-8(16)5-6-9(14)17/h5-7H2,1-4H3,(H,18,19). The van der Waals surface area contributed by atoms with Crippen LogP contribution >= 0.6 is 0 Å². The number of carboxylic acid groups (broad SMARTS) is 1. The van der Waals surface area contributed by atoms with Crippen LogP contribution in [0.25, 0.3) is 0 Å². The maximum atomic E-state index is 12.4. The van der Waals surface area contributed by atoms with E-state index in [2.05, 4.69) is 0 Å². The highest BCUT2D eigenvalue weighted by atomic mass is 16.5. The first kappa shape index (κ1) is 14.9. The van der Waals surface area contributed by atoms with Crippen molar-refractivity contribution in [2.45, 2.75) is 63.6 Å². The Morgan fingerprint density at radius 3 is 1.85 bits per heavy atom. The third-order valence-corrected chi connectivity index (χ3v) is 4.55. The number of hydrogen-bond donors (Lipinski definition) is 1. The van der Waals surface area contributed by atoms with Crippen molar-refractivity contribution in [1.29, 1.82) is 0 Å². The average Bonchev–Trinajstić information content (AvgIpc) is 2.70. The molecule has 2 saturated heterocycles. The summed E-state index contributed by atoms with van der Waals surface area (Å²) in [4.78, 5) is 36.8. The molecule has 1 N–H and O–H groups in total. The highest BCUT2D eigenvalue weighted by Crippen LogP contribution is 2.51. The Morgan fingerprint density at radius 2 is 1.55 bits per heavy atom. The third-order valence-electron chi connectivity index (χ3n) is 4.55. The Labute approximate surface area is 117 Å². The van der Waals surface area contributed by atoms with Gasteiger partial charge in [-0.05, 0) is 27.7 Å². The molecule has 2 rings (SSSR count). The molecule has 0 aliphatic carbocycles. The smallest absolute Gasteiger partial charge is 0.332 e. The molecule has 2 fully saturated rings. The summed E-state index contributed by atoms with van der Waals surface area (Å²) in [6, 6.07) is 0. The highest BCUT2D eigenvalue weighted by molar-refractivity contribution is 6.07. The van der Waals surface area contributed by atoms with E-state index in [1.807, 2.05) is 0 Å². The van der Waals surface area contributed by atoms with Gasteiger partial charge in [-0.3, -0.25) is 14.5 Å². The van der Waals surface area contributed by atoms with Gasteiger partial charge in [0.2, 0.25) is 11.8 Å². The van der Waals surface area contributed by atoms with E-state index < -0.39 is 34.4 Å². The maximum absolute atomic E-state index is 12.4. The van der Waals surface area contributed by atoms with E-state index in [0.29, 0.717) is 5.06 Å². The van der Waals surface area contributed by atoms with Crippen LogP contribution in [0.1, 0.15) is 47.0 Å². The van der Waals surface area contributed by atoms with Crippen molar-refractivity contribution in [2.75, 3.05) is 0 Å². The van der Waals surface area contributed by atoms with E-state index >= 15 is 0 Å². The highest BCUT2D eigenvalue weighted by Gasteiger charge is 2.71. The second-order valence-electron chi connectivity index (χ2n) is 6.63. The van der Waals surface area contributed by atoms with Gasteiger partial charge in [-0.15, -0.1) is 10.3 Å². The molecule has 1 unspecified atom stereocenters. The lowest BCUT2D eigenvalue weighted by atomic mass is 9.77. The fourth-order valence-corrected chi connectivity index (χ4v) is 3.63. The molecule has 7 heteroatoms. The summed E-state index contributed by atoms with van der Waals surface area (Å²) in [5.74, 6) is -2.34. The summed E-state index contributed by atoms with van der Waals surface area (Å²) in [7, 11) is 0. The number of amides is 2. The lowest BCUT2D eigenvalue weighted by Crippen LogP contribution is -2.67. The molecule has 1 atom stereocenters. The topological polar surface area (TPSA) is 97.8 Å². The summed E-state index contributed by atoms with van der Waals surface area (Å²) < 4.78 is 0. The van der Waals surface area contributed by atoms with Crippen molar-refractivity contribution >= 4 is 17.8 Å². The lowest BCUT2D eigenvalue weighted by molar-refractivity contribution is -0.254. The van der Waals surface area contributed by atoms with Crippen molar-refractivity contribution in [3.8, 4) is 0 Å². The number of hydrogen-bond acceptors (Lipinski definition) is 4. The minimum Gasteiger partial charge on any atom is -0.479 e. The molecule has 7 nitrogen and oxygen atoms in total. The number of carbonyl (C=O) groups excluding carboxylic acids is 2. The second-order valence-corrected chi connectivity index (χ2v) is 6.63. The second kappa shape index (κ2) is 4.02. The molecule has 0 bridgehead atoms. The van der Waals surface area contributed by atoms with Crippen LogP contribution < -0.4 is 0 Å². The predicted octanol–water partition coefficient (Wildman–Crippen LogP) is 0.567. The van der Waals surface area contributed by atoms with Crippen LogP contribution in [0, 0.1) is 0 Å². The van der Waals surface area contributed by atoms with Crippen LogP contribution in [-0.4, -0.2) is 49.5 Å². The number of aliphatic carboxylic acids is 1. The maximum Gasteiger partial charge on any atom is 0.332 e. The molecule has 1 radical (unpaired) electrons. The zero-order valence-electron chi connectivity index (χ0n) is 12.1. The molecular formula is C13H19N2O5. The average molecular weight is 283 g/mol. The molecular weight excluding hydrogens is 264 g/mol. The van der Waals surface area contributed by atoms with Gasteiger partial charge >= 0.3 is 5.97 Å². The molecule has 0 saturated carbocycles. The first-order valence-electron chi connectivity index (χ1n) is 6.55. The van der Waals surface area contributed by atoms with Crippen LogP contribution in [-0.2, 0) is 19.6 Å². The van der Waals surface area contributed by atoms with Crippen molar-refractivity contribution in [2.24, 2.45) is 0 Å². The number of likely N-dealkylation sites (tertiary alicyclic amines) is 1. The van der Waals surface area contributed by atoms with Crippen molar-refractivity contribution < 1.29 is 24.7 Å². The molecule has 2 aliphatic heterocycles. The van der Waals surface area contributed by atoms with Gasteiger partial charge in [0, 0.05) is 24.8 Å². The van der Waals surface area contributed by atoms with Crippen molar-refractivity contribution in [3.63, 3.8) is 0 Å². The van der Waals surface area contributed by atoms with E-state index in [1.54, 1.807) is 13.8 Å². The lowest BCUT2D eigenvalue weighted by Gasteiger charge is -2.43. The Kier molecular flexibility index (Phi) is 3.00. The van der Waals surface area contributed by atoms with E-state index in [0.717, 1.165) is 4.90 Å². The van der Waals surface area contributed by atoms with Crippen LogP contribution in [0.2, 0.25) is 0 Å². The molecule has 2 aliphatic rings. The summed E-state index contributed by atoms with van der Waals surface area (Å²) in [5, 5.41) is 22.9. The van der Waals surface area contributed by atoms with Gasteiger partial charge in [0.1, 0.15) is 0 Å². The minimum atomic E-state index is -1.82. The molecule has 0 aromatic carbocycles. The summed E-state index contributed by atoms with van der Waals surface area (Å²) in [5.41, 5.74) is -4.17. The van der Waals surface area contributed by atoms with E-state index in [4.69, 9.17) is 0 Å². The minimum absolute atomic E-state index is 0.00320. The van der Waals surface area contributed by atoms with Gasteiger partial charge < -0.3 is 5.11 Å². The molecule has 0 aromatic heterocycles. The normalized spacial score (nSPS) is 33.0. The number of hydroxylamine groups is 2. The predicted molar refractivity (Wildman–Crippen MR) is 66.8 cm³/mol. The molecule has 20 heavy (non-hydrogen) atoms. The Balaban J connectivity index is 2.66. The Hall–Kier alpha value is -1.47. The van der Waals surface area contributed by atoms with Gasteiger partial charge in [0.25, 0.3) is 0 Å². The number of carboxylic acids is 1.